The average Bonchev–Trinajstić information content (AvgIpc) is 3.11. The number of benzene rings is 1. The Hall–Kier alpha value is -2.23. The van der Waals surface area contributed by atoms with Crippen LogP contribution in [0, 0.1) is 0 Å². The molecule has 2 aliphatic rings. The third kappa shape index (κ3) is 2.81. The highest BCUT2D eigenvalue weighted by atomic mass is 15.2. The maximum atomic E-state index is 5.01. The average molecular weight is 322 g/mol. The van der Waals surface area contributed by atoms with Crippen molar-refractivity contribution in [2.24, 2.45) is 0 Å². The molecule has 4 heteroatoms. The summed E-state index contributed by atoms with van der Waals surface area (Å²) in [7, 11) is 4.31. The van der Waals surface area contributed by atoms with Gasteiger partial charge in [0, 0.05) is 51.5 Å². The topological polar surface area (TPSA) is 22.6 Å². The van der Waals surface area contributed by atoms with E-state index in [1.807, 2.05) is 0 Å². The van der Waals surface area contributed by atoms with Gasteiger partial charge in [-0.1, -0.05) is 12.1 Å². The van der Waals surface area contributed by atoms with Crippen LogP contribution in [0.5, 0.6) is 0 Å². The predicted molar refractivity (Wildman–Crippen MR) is 102 cm³/mol. The second kappa shape index (κ2) is 6.34. The largest absolute Gasteiger partial charge is 0.372 e. The summed E-state index contributed by atoms with van der Waals surface area (Å²) in [6, 6.07) is 13.2. The Morgan fingerprint density at radius 3 is 2.46 bits per heavy atom. The molecule has 0 aliphatic carbocycles. The van der Waals surface area contributed by atoms with Crippen LogP contribution in [0.4, 0.5) is 17.2 Å². The Balaban J connectivity index is 1.71. The molecule has 3 heterocycles. The van der Waals surface area contributed by atoms with Crippen molar-refractivity contribution in [1.29, 1.82) is 0 Å². The number of hydrogen-bond donors (Lipinski definition) is 0. The van der Waals surface area contributed by atoms with E-state index in [0.29, 0.717) is 0 Å². The van der Waals surface area contributed by atoms with Gasteiger partial charge in [0.2, 0.25) is 0 Å². The molecule has 0 saturated carbocycles. The van der Waals surface area contributed by atoms with Crippen LogP contribution in [0.15, 0.2) is 36.4 Å². The summed E-state index contributed by atoms with van der Waals surface area (Å²) in [6.07, 6.45) is 3.78. The van der Waals surface area contributed by atoms with Crippen molar-refractivity contribution < 1.29 is 0 Å². The molecule has 0 radical (unpaired) electrons. The monoisotopic (exact) mass is 322 g/mol. The molecule has 0 unspecified atom stereocenters. The maximum absolute atomic E-state index is 5.01. The molecule has 4 nitrogen and oxygen atoms in total. The third-order valence-electron chi connectivity index (χ3n) is 5.23. The van der Waals surface area contributed by atoms with Crippen LogP contribution < -0.4 is 14.7 Å². The van der Waals surface area contributed by atoms with E-state index in [1.165, 1.54) is 49.3 Å². The molecular formula is C20H26N4. The minimum atomic E-state index is 1.06. The van der Waals surface area contributed by atoms with E-state index in [4.69, 9.17) is 4.98 Å². The summed E-state index contributed by atoms with van der Waals surface area (Å²) < 4.78 is 0. The number of nitrogens with zero attached hydrogens (tertiary/aromatic N) is 4. The standard InChI is InChI=1S/C20H26N4/c1-22-11-6-12-23(2)20-19(22)10-9-18(21-20)16-7-5-8-17(15-16)24-13-3-4-14-24/h5,7-10,15H,3-4,6,11-14H2,1-2H3. The molecule has 2 aliphatic heterocycles. The van der Waals surface area contributed by atoms with Gasteiger partial charge in [0.15, 0.2) is 5.82 Å². The van der Waals surface area contributed by atoms with Crippen molar-refractivity contribution in [2.45, 2.75) is 19.3 Å². The lowest BCUT2D eigenvalue weighted by molar-refractivity contribution is 0.788. The second-order valence-electron chi connectivity index (χ2n) is 6.98. The quantitative estimate of drug-likeness (QED) is 0.842. The SMILES string of the molecule is CN1CCCN(C)c2nc(-c3cccc(N4CCCC4)c3)ccc21. The molecular weight excluding hydrogens is 296 g/mol. The van der Waals surface area contributed by atoms with Gasteiger partial charge in [0.05, 0.1) is 11.4 Å². The zero-order valence-electron chi connectivity index (χ0n) is 14.7. The molecule has 4 rings (SSSR count). The normalized spacial score (nSPS) is 17.8. The fourth-order valence-electron chi connectivity index (χ4n) is 3.79. The molecule has 1 aromatic heterocycles. The van der Waals surface area contributed by atoms with E-state index in [9.17, 15) is 0 Å². The minimum Gasteiger partial charge on any atom is -0.372 e. The van der Waals surface area contributed by atoms with E-state index in [1.54, 1.807) is 0 Å². The predicted octanol–water partition coefficient (Wildman–Crippen LogP) is 3.62. The Labute approximate surface area is 144 Å². The molecule has 0 spiro atoms. The van der Waals surface area contributed by atoms with Crippen LogP contribution in [-0.4, -0.2) is 45.3 Å². The molecule has 24 heavy (non-hydrogen) atoms. The van der Waals surface area contributed by atoms with Gasteiger partial charge in [-0.25, -0.2) is 4.98 Å². The van der Waals surface area contributed by atoms with Crippen molar-refractivity contribution in [2.75, 3.05) is 55.0 Å². The molecule has 0 amide bonds. The van der Waals surface area contributed by atoms with Crippen molar-refractivity contribution >= 4 is 17.2 Å². The van der Waals surface area contributed by atoms with Crippen LogP contribution >= 0.6 is 0 Å². The molecule has 2 aromatic rings. The Bertz CT molecular complexity index is 721. The van der Waals surface area contributed by atoms with Gasteiger partial charge < -0.3 is 14.7 Å². The first-order chi connectivity index (χ1) is 11.7. The van der Waals surface area contributed by atoms with E-state index >= 15 is 0 Å². The van der Waals surface area contributed by atoms with E-state index < -0.39 is 0 Å². The second-order valence-corrected chi connectivity index (χ2v) is 6.98. The summed E-state index contributed by atoms with van der Waals surface area (Å²) in [5, 5.41) is 0. The van der Waals surface area contributed by atoms with Crippen LogP contribution in [0.2, 0.25) is 0 Å². The van der Waals surface area contributed by atoms with Gasteiger partial charge in [-0.3, -0.25) is 0 Å². The molecule has 1 fully saturated rings. The highest BCUT2D eigenvalue weighted by Crippen LogP contribution is 2.33. The van der Waals surface area contributed by atoms with Crippen molar-refractivity contribution in [3.05, 3.63) is 36.4 Å². The van der Waals surface area contributed by atoms with Crippen LogP contribution in [0.1, 0.15) is 19.3 Å². The van der Waals surface area contributed by atoms with Crippen molar-refractivity contribution in [3.63, 3.8) is 0 Å². The first-order valence-corrected chi connectivity index (χ1v) is 9.01. The Morgan fingerprint density at radius 2 is 1.62 bits per heavy atom. The lowest BCUT2D eigenvalue weighted by Gasteiger charge is -2.22. The number of pyridine rings is 1. The molecule has 126 valence electrons. The van der Waals surface area contributed by atoms with Crippen LogP contribution in [0.3, 0.4) is 0 Å². The Morgan fingerprint density at radius 1 is 0.833 bits per heavy atom. The van der Waals surface area contributed by atoms with E-state index in [-0.39, 0.29) is 0 Å². The van der Waals surface area contributed by atoms with Crippen LogP contribution in [0.25, 0.3) is 11.3 Å². The van der Waals surface area contributed by atoms with Gasteiger partial charge in [-0.2, -0.15) is 0 Å². The van der Waals surface area contributed by atoms with Gasteiger partial charge in [-0.05, 0) is 43.5 Å². The lowest BCUT2D eigenvalue weighted by Crippen LogP contribution is -2.19. The number of aromatic nitrogens is 1. The van der Waals surface area contributed by atoms with Crippen molar-refractivity contribution in [1.82, 2.24) is 4.98 Å². The fourth-order valence-corrected chi connectivity index (χ4v) is 3.79. The maximum Gasteiger partial charge on any atom is 0.152 e. The smallest absolute Gasteiger partial charge is 0.152 e. The number of rotatable bonds is 2. The number of hydrogen-bond acceptors (Lipinski definition) is 4. The highest BCUT2D eigenvalue weighted by molar-refractivity contribution is 5.74. The number of fused-ring (bicyclic) bond motifs is 1. The van der Waals surface area contributed by atoms with E-state index in [0.717, 1.165) is 24.6 Å². The minimum absolute atomic E-state index is 1.06. The fraction of sp³-hybridized carbons (Fsp3) is 0.450. The van der Waals surface area contributed by atoms with Gasteiger partial charge in [0.25, 0.3) is 0 Å². The summed E-state index contributed by atoms with van der Waals surface area (Å²) in [5.74, 6) is 1.10. The van der Waals surface area contributed by atoms with E-state index in [2.05, 4.69) is 65.2 Å². The van der Waals surface area contributed by atoms with Crippen LogP contribution in [-0.2, 0) is 0 Å². The van der Waals surface area contributed by atoms with Gasteiger partial charge in [0.1, 0.15) is 0 Å². The summed E-state index contributed by atoms with van der Waals surface area (Å²) >= 11 is 0. The first-order valence-electron chi connectivity index (χ1n) is 9.01. The van der Waals surface area contributed by atoms with Gasteiger partial charge in [-0.15, -0.1) is 0 Å². The van der Waals surface area contributed by atoms with Crippen molar-refractivity contribution in [3.8, 4) is 11.3 Å². The van der Waals surface area contributed by atoms with Gasteiger partial charge >= 0.3 is 0 Å². The zero-order valence-corrected chi connectivity index (χ0v) is 14.7. The zero-order chi connectivity index (χ0) is 16.5. The first kappa shape index (κ1) is 15.3. The lowest BCUT2D eigenvalue weighted by atomic mass is 10.1. The summed E-state index contributed by atoms with van der Waals surface area (Å²) in [4.78, 5) is 12.1. The summed E-state index contributed by atoms with van der Waals surface area (Å²) in [6.45, 7) is 4.49. The molecule has 0 atom stereocenters. The molecule has 1 aromatic carbocycles. The summed E-state index contributed by atoms with van der Waals surface area (Å²) in [5.41, 5.74) is 4.83. The molecule has 0 N–H and O–H groups in total. The third-order valence-corrected chi connectivity index (χ3v) is 5.23. The Kier molecular flexibility index (Phi) is 4.05. The molecule has 0 bridgehead atoms. The molecule has 1 saturated heterocycles. The highest BCUT2D eigenvalue weighted by Gasteiger charge is 2.18. The number of anilines is 3.